The van der Waals surface area contributed by atoms with Crippen LogP contribution in [0.15, 0.2) is 18.2 Å². The first-order valence-electron chi connectivity index (χ1n) is 7.34. The van der Waals surface area contributed by atoms with E-state index in [0.29, 0.717) is 18.6 Å². The van der Waals surface area contributed by atoms with E-state index in [-0.39, 0.29) is 0 Å². The molecule has 0 bridgehead atoms. The lowest BCUT2D eigenvalue weighted by Crippen LogP contribution is -2.34. The summed E-state index contributed by atoms with van der Waals surface area (Å²) in [5.74, 6) is 0.599. The first kappa shape index (κ1) is 14.8. The van der Waals surface area contributed by atoms with E-state index in [9.17, 15) is 0 Å². The third-order valence-electron chi connectivity index (χ3n) is 4.03. The van der Waals surface area contributed by atoms with Crippen LogP contribution in [0, 0.1) is 5.92 Å². The largest absolute Gasteiger partial charge is 0.396 e. The number of hydrogen-bond donors (Lipinski definition) is 2. The van der Waals surface area contributed by atoms with E-state index in [0.717, 1.165) is 30.8 Å². The van der Waals surface area contributed by atoms with Gasteiger partial charge in [-0.15, -0.1) is 0 Å². The summed E-state index contributed by atoms with van der Waals surface area (Å²) in [4.78, 5) is 0. The molecule has 3 heteroatoms. The van der Waals surface area contributed by atoms with Crippen LogP contribution in [0.3, 0.4) is 0 Å². The average Bonchev–Trinajstić information content (AvgIpc) is 2.78. The zero-order valence-corrected chi connectivity index (χ0v) is 12.4. The minimum atomic E-state index is 0.298. The molecule has 0 aromatic heterocycles. The van der Waals surface area contributed by atoms with Crippen molar-refractivity contribution in [3.05, 3.63) is 34.3 Å². The minimum Gasteiger partial charge on any atom is -0.396 e. The molecule has 0 radical (unpaired) electrons. The summed E-state index contributed by atoms with van der Waals surface area (Å²) in [7, 11) is 0. The van der Waals surface area contributed by atoms with Gasteiger partial charge >= 0.3 is 0 Å². The summed E-state index contributed by atoms with van der Waals surface area (Å²) in [6.07, 6.45) is 5.47. The Morgan fingerprint density at radius 3 is 2.84 bits per heavy atom. The molecule has 2 rings (SSSR count). The quantitative estimate of drug-likeness (QED) is 0.804. The molecule has 2 N–H and O–H groups in total. The van der Waals surface area contributed by atoms with Gasteiger partial charge in [-0.25, -0.2) is 0 Å². The number of rotatable bonds is 7. The summed E-state index contributed by atoms with van der Waals surface area (Å²) < 4.78 is 0. The van der Waals surface area contributed by atoms with Gasteiger partial charge < -0.3 is 10.4 Å². The molecular formula is C16H24ClNO. The van der Waals surface area contributed by atoms with Gasteiger partial charge in [0.15, 0.2) is 0 Å². The van der Waals surface area contributed by atoms with Gasteiger partial charge in [0.25, 0.3) is 0 Å². The number of hydrogen-bond acceptors (Lipinski definition) is 2. The molecule has 0 spiro atoms. The van der Waals surface area contributed by atoms with E-state index in [1.54, 1.807) is 0 Å². The molecule has 0 aliphatic heterocycles. The van der Waals surface area contributed by atoms with Gasteiger partial charge in [-0.3, -0.25) is 0 Å². The molecule has 1 aliphatic rings. The maximum Gasteiger partial charge on any atom is 0.0434 e. The Morgan fingerprint density at radius 2 is 2.11 bits per heavy atom. The predicted molar refractivity (Wildman–Crippen MR) is 80.8 cm³/mol. The number of aliphatic hydroxyl groups excluding tert-OH is 1. The van der Waals surface area contributed by atoms with Crippen LogP contribution in [-0.2, 0) is 12.8 Å². The molecule has 106 valence electrons. The van der Waals surface area contributed by atoms with Crippen molar-refractivity contribution >= 4 is 11.6 Å². The number of aliphatic hydroxyl groups is 1. The topological polar surface area (TPSA) is 32.3 Å². The summed E-state index contributed by atoms with van der Waals surface area (Å²) in [5.41, 5.74) is 2.82. The summed E-state index contributed by atoms with van der Waals surface area (Å²) in [6.45, 7) is 3.52. The van der Waals surface area contributed by atoms with Crippen LogP contribution < -0.4 is 5.32 Å². The average molecular weight is 282 g/mol. The third kappa shape index (κ3) is 4.20. The van der Waals surface area contributed by atoms with Crippen molar-refractivity contribution in [1.82, 2.24) is 5.32 Å². The first-order valence-corrected chi connectivity index (χ1v) is 7.72. The van der Waals surface area contributed by atoms with Gasteiger partial charge in [0.2, 0.25) is 0 Å². The molecule has 0 saturated heterocycles. The van der Waals surface area contributed by atoms with Gasteiger partial charge in [0.05, 0.1) is 0 Å². The minimum absolute atomic E-state index is 0.298. The molecule has 2 unspecified atom stereocenters. The van der Waals surface area contributed by atoms with Crippen molar-refractivity contribution in [2.45, 2.75) is 45.1 Å². The Morgan fingerprint density at radius 1 is 1.32 bits per heavy atom. The lowest BCUT2D eigenvalue weighted by atomic mass is 9.99. The van der Waals surface area contributed by atoms with Crippen LogP contribution in [-0.4, -0.2) is 24.3 Å². The van der Waals surface area contributed by atoms with Crippen LogP contribution in [0.5, 0.6) is 0 Å². The molecule has 0 amide bonds. The molecule has 1 aromatic carbocycles. The SMILES string of the molecule is CCCC(CCO)CNC1Cc2ccc(Cl)cc2C1. The normalized spacial score (nSPS) is 19.4. The van der Waals surface area contributed by atoms with Crippen molar-refractivity contribution in [1.29, 1.82) is 0 Å². The smallest absolute Gasteiger partial charge is 0.0434 e. The summed E-state index contributed by atoms with van der Waals surface area (Å²) >= 11 is 6.03. The molecule has 0 heterocycles. The second kappa shape index (κ2) is 7.28. The van der Waals surface area contributed by atoms with Crippen molar-refractivity contribution in [2.24, 2.45) is 5.92 Å². The number of benzene rings is 1. The maximum absolute atomic E-state index is 9.09. The van der Waals surface area contributed by atoms with Gasteiger partial charge in [-0.1, -0.05) is 31.0 Å². The summed E-state index contributed by atoms with van der Waals surface area (Å²) in [5, 5.41) is 13.6. The second-order valence-corrected chi connectivity index (χ2v) is 6.03. The Bertz CT molecular complexity index is 402. The zero-order valence-electron chi connectivity index (χ0n) is 11.7. The highest BCUT2D eigenvalue weighted by atomic mass is 35.5. The monoisotopic (exact) mass is 281 g/mol. The van der Waals surface area contributed by atoms with Crippen molar-refractivity contribution in [2.75, 3.05) is 13.2 Å². The van der Waals surface area contributed by atoms with Gasteiger partial charge in [-0.05, 0) is 61.4 Å². The van der Waals surface area contributed by atoms with Crippen LogP contribution in [0.1, 0.15) is 37.3 Å². The molecule has 0 fully saturated rings. The second-order valence-electron chi connectivity index (χ2n) is 5.59. The van der Waals surface area contributed by atoms with Crippen LogP contribution >= 0.6 is 11.6 Å². The Balaban J connectivity index is 1.82. The fraction of sp³-hybridized carbons (Fsp3) is 0.625. The van der Waals surface area contributed by atoms with Crippen molar-refractivity contribution in [3.63, 3.8) is 0 Å². The molecular weight excluding hydrogens is 258 g/mol. The van der Waals surface area contributed by atoms with Crippen molar-refractivity contribution < 1.29 is 5.11 Å². The standard InChI is InChI=1S/C16H24ClNO/c1-2-3-12(6-7-19)11-18-16-9-13-4-5-15(17)8-14(13)10-16/h4-5,8,12,16,18-19H,2-3,6-7,9-11H2,1H3. The van der Waals surface area contributed by atoms with Crippen LogP contribution in [0.25, 0.3) is 0 Å². The number of nitrogens with one attached hydrogen (secondary N) is 1. The fourth-order valence-corrected chi connectivity index (χ4v) is 3.20. The van der Waals surface area contributed by atoms with E-state index >= 15 is 0 Å². The van der Waals surface area contributed by atoms with E-state index in [1.807, 2.05) is 6.07 Å². The van der Waals surface area contributed by atoms with Gasteiger partial charge in [-0.2, -0.15) is 0 Å². The molecule has 1 aromatic rings. The molecule has 2 nitrogen and oxygen atoms in total. The highest BCUT2D eigenvalue weighted by Gasteiger charge is 2.21. The van der Waals surface area contributed by atoms with Crippen molar-refractivity contribution in [3.8, 4) is 0 Å². The highest BCUT2D eigenvalue weighted by Crippen LogP contribution is 2.25. The van der Waals surface area contributed by atoms with E-state index < -0.39 is 0 Å². The van der Waals surface area contributed by atoms with E-state index in [2.05, 4.69) is 24.4 Å². The first-order chi connectivity index (χ1) is 9.22. The zero-order chi connectivity index (χ0) is 13.7. The fourth-order valence-electron chi connectivity index (χ4n) is 3.00. The Kier molecular flexibility index (Phi) is 5.68. The van der Waals surface area contributed by atoms with Gasteiger partial charge in [0, 0.05) is 17.7 Å². The lowest BCUT2D eigenvalue weighted by Gasteiger charge is -2.19. The maximum atomic E-state index is 9.09. The molecule has 0 saturated carbocycles. The van der Waals surface area contributed by atoms with E-state index in [4.69, 9.17) is 16.7 Å². The molecule has 19 heavy (non-hydrogen) atoms. The number of fused-ring (bicyclic) bond motifs is 1. The van der Waals surface area contributed by atoms with Gasteiger partial charge in [0.1, 0.15) is 0 Å². The highest BCUT2D eigenvalue weighted by molar-refractivity contribution is 6.30. The molecule has 1 aliphatic carbocycles. The summed E-state index contributed by atoms with van der Waals surface area (Å²) in [6, 6.07) is 6.76. The predicted octanol–water partition coefficient (Wildman–Crippen LogP) is 3.20. The molecule has 2 atom stereocenters. The number of halogens is 1. The van der Waals surface area contributed by atoms with Crippen LogP contribution in [0.4, 0.5) is 0 Å². The third-order valence-corrected chi connectivity index (χ3v) is 4.27. The van der Waals surface area contributed by atoms with E-state index in [1.165, 1.54) is 24.0 Å². The van der Waals surface area contributed by atoms with Crippen LogP contribution in [0.2, 0.25) is 5.02 Å². The Labute approximate surface area is 121 Å². The lowest BCUT2D eigenvalue weighted by molar-refractivity contribution is 0.245. The Hall–Kier alpha value is -0.570.